The minimum absolute atomic E-state index is 0.104. The van der Waals surface area contributed by atoms with Gasteiger partial charge in [-0.25, -0.2) is 4.39 Å². The fraction of sp³-hybridized carbons (Fsp3) is 0.105. The molecule has 136 valence electrons. The Morgan fingerprint density at radius 3 is 2.81 bits per heavy atom. The molecule has 1 amide bonds. The first-order valence-electron chi connectivity index (χ1n) is 8.13. The molecule has 4 rings (SSSR count). The van der Waals surface area contributed by atoms with Crippen LogP contribution in [0.4, 0.5) is 4.39 Å². The lowest BCUT2D eigenvalue weighted by Gasteiger charge is -2.17. The number of nitrogens with zero attached hydrogens (tertiary/aromatic N) is 3. The van der Waals surface area contributed by atoms with Crippen LogP contribution < -0.4 is 0 Å². The molecule has 0 atom stereocenters. The fourth-order valence-electron chi connectivity index (χ4n) is 2.68. The van der Waals surface area contributed by atoms with E-state index in [0.717, 1.165) is 15.3 Å². The predicted molar refractivity (Wildman–Crippen MR) is 105 cm³/mol. The lowest BCUT2D eigenvalue weighted by molar-refractivity contribution is 0.0830. The molecule has 5 nitrogen and oxygen atoms in total. The van der Waals surface area contributed by atoms with Crippen molar-refractivity contribution in [3.8, 4) is 11.4 Å². The van der Waals surface area contributed by atoms with Gasteiger partial charge in [0.15, 0.2) is 0 Å². The number of carbonyl (C=O) groups is 1. The van der Waals surface area contributed by atoms with Crippen molar-refractivity contribution < 1.29 is 13.7 Å². The number of thioether (sulfide) groups is 1. The minimum atomic E-state index is -0.418. The topological polar surface area (TPSA) is 59.2 Å². The fourth-order valence-corrected chi connectivity index (χ4v) is 4.13. The van der Waals surface area contributed by atoms with Gasteiger partial charge in [0.2, 0.25) is 5.82 Å². The molecule has 3 aromatic rings. The molecule has 8 heteroatoms. The van der Waals surface area contributed by atoms with Crippen molar-refractivity contribution in [2.75, 3.05) is 12.3 Å². The van der Waals surface area contributed by atoms with Gasteiger partial charge < -0.3 is 9.42 Å². The Labute approximate surface area is 167 Å². The van der Waals surface area contributed by atoms with Crippen molar-refractivity contribution in [3.63, 3.8) is 0 Å². The second-order valence-corrected chi connectivity index (χ2v) is 7.67. The van der Waals surface area contributed by atoms with Gasteiger partial charge in [0.25, 0.3) is 11.8 Å². The smallest absolute Gasteiger partial charge is 0.259 e. The molecule has 0 bridgehead atoms. The highest BCUT2D eigenvalue weighted by atomic mass is 79.9. The van der Waals surface area contributed by atoms with Crippen molar-refractivity contribution in [3.05, 3.63) is 75.3 Å². The molecule has 0 radical (unpaired) electrons. The van der Waals surface area contributed by atoms with Gasteiger partial charge in [0, 0.05) is 22.8 Å². The molecule has 0 N–H and O–H groups in total. The predicted octanol–water partition coefficient (Wildman–Crippen LogP) is 4.83. The maximum absolute atomic E-state index is 13.9. The Morgan fingerprint density at radius 1 is 1.22 bits per heavy atom. The Kier molecular flexibility index (Phi) is 5.09. The maximum atomic E-state index is 13.9. The third-order valence-corrected chi connectivity index (χ3v) is 5.70. The molecule has 0 aliphatic carbocycles. The van der Waals surface area contributed by atoms with Gasteiger partial charge in [0.1, 0.15) is 5.82 Å². The summed E-state index contributed by atoms with van der Waals surface area (Å²) in [5.74, 6) is 0.649. The van der Waals surface area contributed by atoms with Crippen LogP contribution in [-0.4, -0.2) is 33.2 Å². The molecule has 0 unspecified atom stereocenters. The average Bonchev–Trinajstić information content (AvgIpc) is 3.32. The third kappa shape index (κ3) is 3.68. The first-order valence-corrected chi connectivity index (χ1v) is 9.91. The second-order valence-electron chi connectivity index (χ2n) is 5.70. The molecule has 1 aromatic heterocycles. The summed E-state index contributed by atoms with van der Waals surface area (Å²) in [6, 6.07) is 13.5. The molecule has 1 saturated heterocycles. The highest BCUT2D eigenvalue weighted by Crippen LogP contribution is 2.32. The number of hydrogen-bond acceptors (Lipinski definition) is 5. The number of hydrogen-bond donors (Lipinski definition) is 0. The van der Waals surface area contributed by atoms with Crippen LogP contribution in [0.25, 0.3) is 17.5 Å². The van der Waals surface area contributed by atoms with E-state index in [2.05, 4.69) is 26.1 Å². The van der Waals surface area contributed by atoms with Crippen molar-refractivity contribution in [1.82, 2.24) is 15.0 Å². The molecular formula is C19H13BrFN3O2S. The van der Waals surface area contributed by atoms with E-state index in [-0.39, 0.29) is 23.2 Å². The van der Waals surface area contributed by atoms with Crippen LogP contribution in [0.15, 0.2) is 62.6 Å². The molecule has 0 spiro atoms. The van der Waals surface area contributed by atoms with Gasteiger partial charge in [-0.3, -0.25) is 4.79 Å². The van der Waals surface area contributed by atoms with Gasteiger partial charge in [0.05, 0.1) is 16.2 Å². The molecule has 0 saturated carbocycles. The van der Waals surface area contributed by atoms with E-state index in [1.807, 2.05) is 18.2 Å². The monoisotopic (exact) mass is 445 g/mol. The van der Waals surface area contributed by atoms with Gasteiger partial charge in [-0.2, -0.15) is 4.98 Å². The standard InChI is InChI=1S/C19H13BrFN3O2S/c20-14-7-3-1-5-12(14)19(25)24-9-10-27-17(24)11-16-22-18(23-26-16)13-6-2-4-8-15(13)21/h1-8,11H,9-10H2/b17-11+. The van der Waals surface area contributed by atoms with Gasteiger partial charge in [-0.15, -0.1) is 11.8 Å². The summed E-state index contributed by atoms with van der Waals surface area (Å²) < 4.78 is 19.9. The second kappa shape index (κ2) is 7.66. The van der Waals surface area contributed by atoms with E-state index in [4.69, 9.17) is 4.52 Å². The largest absolute Gasteiger partial charge is 0.334 e. The van der Waals surface area contributed by atoms with Crippen molar-refractivity contribution in [1.29, 1.82) is 0 Å². The zero-order valence-electron chi connectivity index (χ0n) is 13.9. The van der Waals surface area contributed by atoms with E-state index >= 15 is 0 Å². The Balaban J connectivity index is 1.61. The van der Waals surface area contributed by atoms with Gasteiger partial charge in [-0.1, -0.05) is 29.4 Å². The third-order valence-electron chi connectivity index (χ3n) is 3.98. The molecule has 1 fully saturated rings. The van der Waals surface area contributed by atoms with Crippen LogP contribution in [0.3, 0.4) is 0 Å². The number of benzene rings is 2. The first kappa shape index (κ1) is 17.9. The van der Waals surface area contributed by atoms with E-state index in [1.165, 1.54) is 17.8 Å². The molecular weight excluding hydrogens is 433 g/mol. The Morgan fingerprint density at radius 2 is 2.00 bits per heavy atom. The highest BCUT2D eigenvalue weighted by molar-refractivity contribution is 9.10. The van der Waals surface area contributed by atoms with Crippen molar-refractivity contribution in [2.45, 2.75) is 0 Å². The van der Waals surface area contributed by atoms with E-state index in [1.54, 1.807) is 35.2 Å². The minimum Gasteiger partial charge on any atom is -0.334 e. The van der Waals surface area contributed by atoms with Crippen LogP contribution >= 0.6 is 27.7 Å². The number of amides is 1. The van der Waals surface area contributed by atoms with E-state index in [9.17, 15) is 9.18 Å². The zero-order valence-corrected chi connectivity index (χ0v) is 16.3. The Hall–Kier alpha value is -2.45. The highest BCUT2D eigenvalue weighted by Gasteiger charge is 2.27. The van der Waals surface area contributed by atoms with Crippen LogP contribution in [0.5, 0.6) is 0 Å². The van der Waals surface area contributed by atoms with Crippen LogP contribution in [0.1, 0.15) is 16.2 Å². The SMILES string of the molecule is O=C(c1ccccc1Br)N1CCS/C1=C/c1nc(-c2ccccc2F)no1. The lowest BCUT2D eigenvalue weighted by Crippen LogP contribution is -2.27. The quantitative estimate of drug-likeness (QED) is 0.577. The Bertz CT molecular complexity index is 1040. The average molecular weight is 446 g/mol. The summed E-state index contributed by atoms with van der Waals surface area (Å²) in [5.41, 5.74) is 0.856. The van der Waals surface area contributed by atoms with Gasteiger partial charge >= 0.3 is 0 Å². The number of aromatic nitrogens is 2. The van der Waals surface area contributed by atoms with Crippen LogP contribution in [0.2, 0.25) is 0 Å². The van der Waals surface area contributed by atoms with E-state index in [0.29, 0.717) is 12.1 Å². The summed E-state index contributed by atoms with van der Waals surface area (Å²) in [6.45, 7) is 0.588. The lowest BCUT2D eigenvalue weighted by atomic mass is 10.2. The van der Waals surface area contributed by atoms with Crippen LogP contribution in [-0.2, 0) is 0 Å². The number of rotatable bonds is 3. The summed E-state index contributed by atoms with van der Waals surface area (Å²) in [5, 5.41) is 4.56. The first-order chi connectivity index (χ1) is 13.1. The van der Waals surface area contributed by atoms with Crippen LogP contribution in [0, 0.1) is 5.82 Å². The van der Waals surface area contributed by atoms with Crippen molar-refractivity contribution in [2.24, 2.45) is 0 Å². The summed E-state index contributed by atoms with van der Waals surface area (Å²) in [4.78, 5) is 18.8. The van der Waals surface area contributed by atoms with Crippen molar-refractivity contribution >= 4 is 39.7 Å². The molecule has 27 heavy (non-hydrogen) atoms. The zero-order chi connectivity index (χ0) is 18.8. The number of halogens is 2. The number of carbonyl (C=O) groups excluding carboxylic acids is 1. The summed E-state index contributed by atoms with van der Waals surface area (Å²) in [6.07, 6.45) is 1.66. The summed E-state index contributed by atoms with van der Waals surface area (Å²) >= 11 is 4.95. The van der Waals surface area contributed by atoms with Gasteiger partial charge in [-0.05, 0) is 40.2 Å². The van der Waals surface area contributed by atoms with E-state index < -0.39 is 5.82 Å². The maximum Gasteiger partial charge on any atom is 0.259 e. The molecule has 2 heterocycles. The molecule has 1 aliphatic heterocycles. The normalized spacial score (nSPS) is 15.5. The molecule has 2 aromatic carbocycles. The summed E-state index contributed by atoms with van der Waals surface area (Å²) in [7, 11) is 0. The molecule has 1 aliphatic rings.